The Bertz CT molecular complexity index is 1730. The SMILES string of the molecule is C=CCC1(CC=C)C(=O)O[C@@H]2[C@@H](OCc3ccccc3)[C@H](OCc3ccccc3)[C@@H](COCc3ccccc3)O[C@H]2N1C(=O)OCc1ccccc1. The summed E-state index contributed by atoms with van der Waals surface area (Å²) in [4.78, 5) is 30.0. The van der Waals surface area contributed by atoms with Crippen molar-refractivity contribution in [2.24, 2.45) is 0 Å². The van der Waals surface area contributed by atoms with Crippen molar-refractivity contribution < 1.29 is 38.0 Å². The standard InChI is InChI=1S/C43H45NO8/c1-3-25-43(26-4-2)41(45)52-39-38(49-29-34-21-13-7-14-22-34)37(48-28-33-19-11-6-12-20-33)36(31-47-27-32-17-9-5-10-18-32)51-40(39)44(43)42(46)50-30-35-23-15-8-16-24-35/h3-24,36-40H,1-2,25-31H2/t36-,37-,38+,39-,40-/m1/s1. The van der Waals surface area contributed by atoms with Crippen LogP contribution in [-0.4, -0.2) is 59.8 Å². The highest BCUT2D eigenvalue weighted by Gasteiger charge is 2.63. The molecule has 2 heterocycles. The van der Waals surface area contributed by atoms with Gasteiger partial charge in [0.2, 0.25) is 0 Å². The van der Waals surface area contributed by atoms with Crippen LogP contribution in [-0.2, 0) is 59.6 Å². The molecular weight excluding hydrogens is 658 g/mol. The fourth-order valence-electron chi connectivity index (χ4n) is 6.72. The van der Waals surface area contributed by atoms with Crippen LogP contribution in [0.15, 0.2) is 147 Å². The van der Waals surface area contributed by atoms with Crippen molar-refractivity contribution in [3.05, 3.63) is 169 Å². The summed E-state index contributed by atoms with van der Waals surface area (Å²) in [6, 6.07) is 38.6. The Labute approximate surface area is 305 Å². The summed E-state index contributed by atoms with van der Waals surface area (Å²) in [6.45, 7) is 8.65. The van der Waals surface area contributed by atoms with Gasteiger partial charge in [-0.3, -0.25) is 4.90 Å². The highest BCUT2D eigenvalue weighted by molar-refractivity contribution is 5.88. The molecule has 1 amide bonds. The van der Waals surface area contributed by atoms with Crippen molar-refractivity contribution in [2.45, 2.75) is 75.5 Å². The van der Waals surface area contributed by atoms with E-state index in [0.717, 1.165) is 22.3 Å². The van der Waals surface area contributed by atoms with E-state index in [1.165, 1.54) is 4.90 Å². The van der Waals surface area contributed by atoms with Crippen LogP contribution < -0.4 is 0 Å². The van der Waals surface area contributed by atoms with Crippen molar-refractivity contribution in [2.75, 3.05) is 6.61 Å². The van der Waals surface area contributed by atoms with Gasteiger partial charge in [-0.1, -0.05) is 133 Å². The summed E-state index contributed by atoms with van der Waals surface area (Å²) in [5.41, 5.74) is 2.11. The first kappa shape index (κ1) is 36.7. The molecule has 9 nitrogen and oxygen atoms in total. The number of carbonyl (C=O) groups excluding carboxylic acids is 2. The summed E-state index contributed by atoms with van der Waals surface area (Å²) in [7, 11) is 0. The number of rotatable bonds is 16. The molecule has 2 saturated heterocycles. The molecule has 0 N–H and O–H groups in total. The molecule has 2 aliphatic heterocycles. The molecule has 0 unspecified atom stereocenters. The van der Waals surface area contributed by atoms with Crippen LogP contribution >= 0.6 is 0 Å². The Morgan fingerprint density at radius 1 is 0.673 bits per heavy atom. The molecule has 2 aliphatic rings. The molecule has 52 heavy (non-hydrogen) atoms. The highest BCUT2D eigenvalue weighted by atomic mass is 16.7. The van der Waals surface area contributed by atoms with E-state index in [1.807, 2.05) is 121 Å². The Kier molecular flexibility index (Phi) is 12.7. The number of amides is 1. The molecule has 6 rings (SSSR count). The summed E-state index contributed by atoms with van der Waals surface area (Å²) in [6.07, 6.45) is -2.00. The summed E-state index contributed by atoms with van der Waals surface area (Å²) in [5.74, 6) is -0.636. The quantitative estimate of drug-likeness (QED) is 0.0873. The van der Waals surface area contributed by atoms with Crippen LogP contribution in [0.3, 0.4) is 0 Å². The lowest BCUT2D eigenvalue weighted by molar-refractivity contribution is -0.313. The third-order valence-corrected chi connectivity index (χ3v) is 9.28. The highest BCUT2D eigenvalue weighted by Crippen LogP contribution is 2.42. The van der Waals surface area contributed by atoms with E-state index in [1.54, 1.807) is 12.2 Å². The first-order valence-corrected chi connectivity index (χ1v) is 17.5. The number of hydrogen-bond acceptors (Lipinski definition) is 8. The molecule has 0 aromatic heterocycles. The van der Waals surface area contributed by atoms with Crippen molar-refractivity contribution in [3.8, 4) is 0 Å². The van der Waals surface area contributed by atoms with Gasteiger partial charge in [-0.2, -0.15) is 0 Å². The maximum absolute atomic E-state index is 14.4. The van der Waals surface area contributed by atoms with E-state index in [0.29, 0.717) is 6.61 Å². The molecule has 9 heteroatoms. The van der Waals surface area contributed by atoms with Crippen LogP contribution in [0.1, 0.15) is 35.1 Å². The number of ether oxygens (including phenoxy) is 6. The van der Waals surface area contributed by atoms with Gasteiger partial charge in [-0.05, 0) is 35.1 Å². The second-order valence-corrected chi connectivity index (χ2v) is 12.9. The third-order valence-electron chi connectivity index (χ3n) is 9.28. The zero-order valence-electron chi connectivity index (χ0n) is 29.2. The lowest BCUT2D eigenvalue weighted by Crippen LogP contribution is -2.75. The largest absolute Gasteiger partial charge is 0.453 e. The van der Waals surface area contributed by atoms with Crippen molar-refractivity contribution in [1.82, 2.24) is 4.90 Å². The summed E-state index contributed by atoms with van der Waals surface area (Å²) < 4.78 is 38.6. The molecular formula is C43H45NO8. The van der Waals surface area contributed by atoms with Gasteiger partial charge in [-0.15, -0.1) is 13.2 Å². The number of hydrogen-bond donors (Lipinski definition) is 0. The molecule has 0 spiro atoms. The van der Waals surface area contributed by atoms with E-state index < -0.39 is 48.2 Å². The van der Waals surface area contributed by atoms with Crippen LogP contribution in [0.4, 0.5) is 4.79 Å². The molecule has 0 saturated carbocycles. The van der Waals surface area contributed by atoms with Gasteiger partial charge in [0.05, 0.1) is 26.4 Å². The van der Waals surface area contributed by atoms with E-state index in [4.69, 9.17) is 28.4 Å². The van der Waals surface area contributed by atoms with Gasteiger partial charge < -0.3 is 28.4 Å². The monoisotopic (exact) mass is 703 g/mol. The number of nitrogens with zero attached hydrogens (tertiary/aromatic N) is 1. The van der Waals surface area contributed by atoms with Crippen LogP contribution in [0, 0.1) is 0 Å². The second-order valence-electron chi connectivity index (χ2n) is 12.9. The van der Waals surface area contributed by atoms with Gasteiger partial charge >= 0.3 is 12.1 Å². The summed E-state index contributed by atoms with van der Waals surface area (Å²) in [5, 5.41) is 0. The van der Waals surface area contributed by atoms with E-state index in [2.05, 4.69) is 13.2 Å². The first-order chi connectivity index (χ1) is 25.5. The topological polar surface area (TPSA) is 92.8 Å². The molecule has 0 radical (unpaired) electrons. The molecule has 2 fully saturated rings. The maximum Gasteiger partial charge on any atom is 0.413 e. The number of esters is 1. The number of fused-ring (bicyclic) bond motifs is 1. The van der Waals surface area contributed by atoms with E-state index >= 15 is 0 Å². The predicted molar refractivity (Wildman–Crippen MR) is 196 cm³/mol. The van der Waals surface area contributed by atoms with Gasteiger partial charge in [0.25, 0.3) is 0 Å². The smallest absolute Gasteiger partial charge is 0.413 e. The lowest BCUT2D eigenvalue weighted by atomic mass is 9.84. The minimum atomic E-state index is -1.53. The average molecular weight is 704 g/mol. The van der Waals surface area contributed by atoms with Gasteiger partial charge in [0, 0.05) is 0 Å². The van der Waals surface area contributed by atoms with Gasteiger partial charge in [-0.25, -0.2) is 9.59 Å². The Balaban J connectivity index is 1.38. The first-order valence-electron chi connectivity index (χ1n) is 17.5. The number of carbonyl (C=O) groups is 2. The Morgan fingerprint density at radius 3 is 1.63 bits per heavy atom. The third kappa shape index (κ3) is 8.69. The molecule has 0 aliphatic carbocycles. The van der Waals surface area contributed by atoms with Gasteiger partial charge in [0.1, 0.15) is 24.9 Å². The Morgan fingerprint density at radius 2 is 1.13 bits per heavy atom. The minimum absolute atomic E-state index is 0.0127. The summed E-state index contributed by atoms with van der Waals surface area (Å²) >= 11 is 0. The number of benzene rings is 4. The van der Waals surface area contributed by atoms with E-state index in [9.17, 15) is 9.59 Å². The lowest BCUT2D eigenvalue weighted by Gasteiger charge is -2.56. The fraction of sp³-hybridized carbons (Fsp3) is 0.302. The van der Waals surface area contributed by atoms with Gasteiger partial charge in [0.15, 0.2) is 17.9 Å². The molecule has 4 aromatic rings. The maximum atomic E-state index is 14.4. The number of morpholine rings is 1. The van der Waals surface area contributed by atoms with Crippen LogP contribution in [0.25, 0.3) is 0 Å². The molecule has 0 bridgehead atoms. The minimum Gasteiger partial charge on any atom is -0.453 e. The Hall–Kier alpha value is -5.06. The fourth-order valence-corrected chi connectivity index (χ4v) is 6.72. The van der Waals surface area contributed by atoms with E-state index in [-0.39, 0.29) is 39.3 Å². The zero-order valence-corrected chi connectivity index (χ0v) is 29.2. The predicted octanol–water partition coefficient (Wildman–Crippen LogP) is 7.55. The zero-order chi connectivity index (χ0) is 36.2. The van der Waals surface area contributed by atoms with Crippen molar-refractivity contribution in [1.29, 1.82) is 0 Å². The second kappa shape index (κ2) is 17.9. The van der Waals surface area contributed by atoms with Crippen LogP contribution in [0.5, 0.6) is 0 Å². The van der Waals surface area contributed by atoms with Crippen molar-refractivity contribution in [3.63, 3.8) is 0 Å². The average Bonchev–Trinajstić information content (AvgIpc) is 3.18. The molecule has 4 aromatic carbocycles. The molecule has 270 valence electrons. The molecule has 5 atom stereocenters. The normalized spacial score (nSPS) is 22.1. The van der Waals surface area contributed by atoms with Crippen molar-refractivity contribution >= 4 is 12.1 Å². The van der Waals surface area contributed by atoms with Crippen LogP contribution in [0.2, 0.25) is 0 Å².